The van der Waals surface area contributed by atoms with E-state index in [-0.39, 0.29) is 16.9 Å². The van der Waals surface area contributed by atoms with Gasteiger partial charge in [0.1, 0.15) is 5.69 Å². The van der Waals surface area contributed by atoms with Crippen molar-refractivity contribution in [3.8, 4) is 0 Å². The number of anilines is 1. The zero-order valence-electron chi connectivity index (χ0n) is 11.5. The highest BCUT2D eigenvalue weighted by atomic mass is 16.2. The van der Waals surface area contributed by atoms with E-state index < -0.39 is 0 Å². The van der Waals surface area contributed by atoms with Gasteiger partial charge in [0, 0.05) is 19.3 Å². The minimum Gasteiger partial charge on any atom is -0.393 e. The molecule has 0 saturated carbocycles. The molecule has 0 aliphatic heterocycles. The molecule has 1 heterocycles. The molecule has 5 heteroatoms. The third-order valence-corrected chi connectivity index (χ3v) is 3.32. The van der Waals surface area contributed by atoms with E-state index >= 15 is 0 Å². The van der Waals surface area contributed by atoms with E-state index in [1.165, 1.54) is 15.3 Å². The maximum atomic E-state index is 12.2. The van der Waals surface area contributed by atoms with Gasteiger partial charge in [0.05, 0.1) is 0 Å². The van der Waals surface area contributed by atoms with Crippen LogP contribution in [0.2, 0.25) is 0 Å². The summed E-state index contributed by atoms with van der Waals surface area (Å²) in [5, 5.41) is 0. The fourth-order valence-electron chi connectivity index (χ4n) is 2.04. The average Bonchev–Trinajstić information content (AvgIpc) is 2.36. The van der Waals surface area contributed by atoms with E-state index in [1.54, 1.807) is 0 Å². The molecule has 0 radical (unpaired) electrons. The van der Waals surface area contributed by atoms with Crippen molar-refractivity contribution >= 4 is 5.69 Å². The highest BCUT2D eigenvalue weighted by Crippen LogP contribution is 2.08. The van der Waals surface area contributed by atoms with Gasteiger partial charge in [-0.3, -0.25) is 13.9 Å². The van der Waals surface area contributed by atoms with Crippen LogP contribution in [-0.4, -0.2) is 9.13 Å². The zero-order chi connectivity index (χ0) is 13.7. The highest BCUT2D eigenvalue weighted by molar-refractivity contribution is 5.30. The van der Waals surface area contributed by atoms with E-state index in [9.17, 15) is 9.59 Å². The summed E-state index contributed by atoms with van der Waals surface area (Å²) in [6.45, 7) is 7.16. The molecule has 0 amide bonds. The summed E-state index contributed by atoms with van der Waals surface area (Å²) >= 11 is 0. The number of rotatable bonds is 6. The van der Waals surface area contributed by atoms with Gasteiger partial charge in [0.25, 0.3) is 5.56 Å². The summed E-state index contributed by atoms with van der Waals surface area (Å²) in [6.07, 6.45) is 4.19. The van der Waals surface area contributed by atoms with Crippen molar-refractivity contribution in [2.45, 2.75) is 53.1 Å². The van der Waals surface area contributed by atoms with Crippen LogP contribution in [0.15, 0.2) is 15.8 Å². The smallest absolute Gasteiger partial charge is 0.331 e. The van der Waals surface area contributed by atoms with E-state index in [2.05, 4.69) is 13.8 Å². The summed E-state index contributed by atoms with van der Waals surface area (Å²) < 4.78 is 2.81. The summed E-state index contributed by atoms with van der Waals surface area (Å²) in [6, 6.07) is 0. The standard InChI is InChI=1S/C13H23N3O2/c1-4-7-15-9-11(14)12(17)16(13(15)18)8-10(5-2)6-3/h9-10H,4-8,14H2,1-3H3. The van der Waals surface area contributed by atoms with Gasteiger partial charge in [-0.2, -0.15) is 0 Å². The first kappa shape index (κ1) is 14.5. The number of hydrogen-bond acceptors (Lipinski definition) is 3. The molecule has 18 heavy (non-hydrogen) atoms. The summed E-state index contributed by atoms with van der Waals surface area (Å²) in [5.74, 6) is 0.340. The Morgan fingerprint density at radius 1 is 1.22 bits per heavy atom. The Kier molecular flexibility index (Phi) is 5.19. The van der Waals surface area contributed by atoms with Crippen LogP contribution in [0.3, 0.4) is 0 Å². The lowest BCUT2D eigenvalue weighted by atomic mass is 10.0. The second-order valence-corrected chi connectivity index (χ2v) is 4.66. The van der Waals surface area contributed by atoms with Gasteiger partial charge in [-0.05, 0) is 12.3 Å². The van der Waals surface area contributed by atoms with Crippen LogP contribution in [0.25, 0.3) is 0 Å². The molecular formula is C13H23N3O2. The Morgan fingerprint density at radius 3 is 2.33 bits per heavy atom. The molecule has 0 atom stereocenters. The van der Waals surface area contributed by atoms with Gasteiger partial charge in [0.2, 0.25) is 0 Å². The third kappa shape index (κ3) is 3.03. The molecule has 0 saturated heterocycles. The molecule has 0 spiro atoms. The van der Waals surface area contributed by atoms with Crippen LogP contribution in [0.4, 0.5) is 5.69 Å². The quantitative estimate of drug-likeness (QED) is 0.834. The molecule has 0 aliphatic carbocycles. The Bertz CT molecular complexity index is 498. The van der Waals surface area contributed by atoms with Crippen molar-refractivity contribution in [1.82, 2.24) is 9.13 Å². The van der Waals surface area contributed by atoms with Crippen LogP contribution in [0, 0.1) is 5.92 Å². The summed E-state index contributed by atoms with van der Waals surface area (Å²) in [7, 11) is 0. The highest BCUT2D eigenvalue weighted by Gasteiger charge is 2.12. The van der Waals surface area contributed by atoms with E-state index in [4.69, 9.17) is 5.73 Å². The van der Waals surface area contributed by atoms with Gasteiger partial charge < -0.3 is 5.73 Å². The SMILES string of the molecule is CCCn1cc(N)c(=O)n(CC(CC)CC)c1=O. The number of nitrogen functional groups attached to an aromatic ring is 1. The topological polar surface area (TPSA) is 70.0 Å². The number of aromatic nitrogens is 2. The number of nitrogens with zero attached hydrogens (tertiary/aromatic N) is 2. The molecule has 0 aliphatic rings. The molecule has 0 unspecified atom stereocenters. The molecule has 102 valence electrons. The predicted molar refractivity (Wildman–Crippen MR) is 73.7 cm³/mol. The first-order valence-corrected chi connectivity index (χ1v) is 6.64. The lowest BCUT2D eigenvalue weighted by Gasteiger charge is -2.15. The maximum absolute atomic E-state index is 12.2. The largest absolute Gasteiger partial charge is 0.393 e. The molecule has 5 nitrogen and oxygen atoms in total. The first-order chi connectivity index (χ1) is 8.54. The average molecular weight is 253 g/mol. The predicted octanol–water partition coefficient (Wildman–Crippen LogP) is 1.44. The third-order valence-electron chi connectivity index (χ3n) is 3.32. The van der Waals surface area contributed by atoms with Crippen molar-refractivity contribution in [3.05, 3.63) is 27.0 Å². The van der Waals surface area contributed by atoms with E-state index in [0.29, 0.717) is 19.0 Å². The van der Waals surface area contributed by atoms with Gasteiger partial charge in [0.15, 0.2) is 0 Å². The number of hydrogen-bond donors (Lipinski definition) is 1. The Labute approximate surface area is 107 Å². The fourth-order valence-corrected chi connectivity index (χ4v) is 2.04. The van der Waals surface area contributed by atoms with Crippen LogP contribution in [-0.2, 0) is 13.1 Å². The van der Waals surface area contributed by atoms with Crippen LogP contribution in [0.1, 0.15) is 40.0 Å². The fraction of sp³-hybridized carbons (Fsp3) is 0.692. The lowest BCUT2D eigenvalue weighted by Crippen LogP contribution is -2.42. The molecule has 2 N–H and O–H groups in total. The minimum absolute atomic E-state index is 0.147. The van der Waals surface area contributed by atoms with E-state index in [1.807, 2.05) is 6.92 Å². The first-order valence-electron chi connectivity index (χ1n) is 6.64. The lowest BCUT2D eigenvalue weighted by molar-refractivity contribution is 0.393. The minimum atomic E-state index is -0.362. The summed E-state index contributed by atoms with van der Waals surface area (Å²) in [4.78, 5) is 24.1. The monoisotopic (exact) mass is 253 g/mol. The second-order valence-electron chi connectivity index (χ2n) is 4.66. The summed E-state index contributed by atoms with van der Waals surface area (Å²) in [5.41, 5.74) is 5.22. The van der Waals surface area contributed by atoms with Crippen molar-refractivity contribution in [3.63, 3.8) is 0 Å². The molecule has 1 aromatic rings. The second kappa shape index (κ2) is 6.42. The zero-order valence-corrected chi connectivity index (χ0v) is 11.5. The molecule has 1 aromatic heterocycles. The van der Waals surface area contributed by atoms with Gasteiger partial charge in [-0.1, -0.05) is 33.6 Å². The van der Waals surface area contributed by atoms with Crippen LogP contribution >= 0.6 is 0 Å². The van der Waals surface area contributed by atoms with Crippen molar-refractivity contribution in [2.75, 3.05) is 5.73 Å². The normalized spacial score (nSPS) is 11.1. The number of aryl methyl sites for hydroxylation is 1. The van der Waals surface area contributed by atoms with Crippen LogP contribution < -0.4 is 17.0 Å². The Balaban J connectivity index is 3.24. The van der Waals surface area contributed by atoms with Gasteiger partial charge in [-0.15, -0.1) is 0 Å². The van der Waals surface area contributed by atoms with E-state index in [0.717, 1.165) is 19.3 Å². The Morgan fingerprint density at radius 2 is 1.83 bits per heavy atom. The molecular weight excluding hydrogens is 230 g/mol. The Hall–Kier alpha value is -1.52. The molecule has 0 aromatic carbocycles. The molecule has 1 rings (SSSR count). The molecule has 0 bridgehead atoms. The molecule has 0 fully saturated rings. The van der Waals surface area contributed by atoms with Gasteiger partial charge >= 0.3 is 5.69 Å². The maximum Gasteiger partial charge on any atom is 0.331 e. The number of nitrogens with two attached hydrogens (primary N) is 1. The van der Waals surface area contributed by atoms with Crippen molar-refractivity contribution < 1.29 is 0 Å². The van der Waals surface area contributed by atoms with Crippen molar-refractivity contribution in [2.24, 2.45) is 5.92 Å². The van der Waals surface area contributed by atoms with Crippen molar-refractivity contribution in [1.29, 1.82) is 0 Å². The van der Waals surface area contributed by atoms with Crippen LogP contribution in [0.5, 0.6) is 0 Å². The van der Waals surface area contributed by atoms with Gasteiger partial charge in [-0.25, -0.2) is 4.79 Å².